The van der Waals surface area contributed by atoms with Crippen LogP contribution in [0.1, 0.15) is 84.3 Å². The predicted molar refractivity (Wildman–Crippen MR) is 176 cm³/mol. The van der Waals surface area contributed by atoms with Crippen LogP contribution in [0.2, 0.25) is 0 Å². The first-order chi connectivity index (χ1) is 25.1. The van der Waals surface area contributed by atoms with E-state index in [2.05, 4.69) is 4.98 Å². The topological polar surface area (TPSA) is 247 Å². The van der Waals surface area contributed by atoms with Crippen molar-refractivity contribution in [1.82, 2.24) is 4.98 Å². The lowest BCUT2D eigenvalue weighted by Crippen LogP contribution is -2.89. The quantitative estimate of drug-likeness (QED) is 0.295. The van der Waals surface area contributed by atoms with Crippen LogP contribution in [0.25, 0.3) is 0 Å². The van der Waals surface area contributed by atoms with E-state index in [9.17, 15) is 43.8 Å². The van der Waals surface area contributed by atoms with Crippen LogP contribution >= 0.6 is 0 Å². The Morgan fingerprint density at radius 2 is 1.41 bits per heavy atom. The number of pyridine rings is 1. The summed E-state index contributed by atoms with van der Waals surface area (Å²) in [5, 5.41) is 25.9. The van der Waals surface area contributed by atoms with Crippen molar-refractivity contribution < 1.29 is 81.7 Å². The Morgan fingerprint density at radius 1 is 0.852 bits per heavy atom. The second-order valence-electron chi connectivity index (χ2n) is 14.7. The van der Waals surface area contributed by atoms with Gasteiger partial charge in [0, 0.05) is 46.7 Å². The summed E-state index contributed by atoms with van der Waals surface area (Å²) in [6.07, 6.45) is -10.5. The van der Waals surface area contributed by atoms with Crippen LogP contribution in [0, 0.1) is 17.3 Å². The van der Waals surface area contributed by atoms with Crippen LogP contribution in [0.5, 0.6) is 0 Å². The standard InChI is InChI=1S/C36H45NO17/c1-15-16(2)31(44)53-28-26(50-19(5)40)30(52-21(7)42)35(14-47-17(3)38)29(51-20(6)41)25(49-18(4)39)23-27(43)36(35,34(28,9)46)54-33(23,8)13-48-32(45)22-11-10-12-37-24(15)22/h10-12,15-16,23,25-30,43,46H,13-14H2,1-9H3/t15?,16?,23-,25-,26+,27-,28+,29-,30+,33+,34+,35-,36+/m1/s1. The number of carbonyl (C=O) groups excluding carboxylic acids is 7. The highest BCUT2D eigenvalue weighted by Crippen LogP contribution is 2.69. The zero-order chi connectivity index (χ0) is 40.3. The van der Waals surface area contributed by atoms with E-state index in [0.29, 0.717) is 0 Å². The summed E-state index contributed by atoms with van der Waals surface area (Å²) < 4.78 is 47.5. The second-order valence-corrected chi connectivity index (χ2v) is 14.7. The molecule has 0 amide bonds. The third kappa shape index (κ3) is 6.17. The predicted octanol–water partition coefficient (Wildman–Crippen LogP) is 0.463. The summed E-state index contributed by atoms with van der Waals surface area (Å²) in [5.74, 6) is -10.5. The van der Waals surface area contributed by atoms with Gasteiger partial charge in [0.1, 0.15) is 41.5 Å². The van der Waals surface area contributed by atoms with Gasteiger partial charge in [-0.15, -0.1) is 0 Å². The number of hydrogen-bond donors (Lipinski definition) is 2. The number of carbonyl (C=O) groups is 7. The number of aromatic nitrogens is 1. The number of nitrogens with zero attached hydrogens (tertiary/aromatic N) is 1. The normalized spacial score (nSPS) is 39.8. The van der Waals surface area contributed by atoms with E-state index in [4.69, 9.17) is 37.9 Å². The van der Waals surface area contributed by atoms with E-state index in [1.54, 1.807) is 6.92 Å². The SMILES string of the molecule is CC(=O)OC[C@]12[C@H](OC(C)=O)[C@H](OC(C)=O)[C@@H]3[C@@H](O)[C@@]14O[C@@]3(C)COC(=O)c1cccnc1C(C)C(C)C(=O)O[C@@H]([C@H](OC(C)=O)[C@@H]2OC(C)=O)[C@]4(C)O. The van der Waals surface area contributed by atoms with Gasteiger partial charge in [-0.25, -0.2) is 4.79 Å². The molecule has 2 N–H and O–H groups in total. The molecular weight excluding hydrogens is 718 g/mol. The Bertz CT molecular complexity index is 1740. The van der Waals surface area contributed by atoms with Gasteiger partial charge in [0.15, 0.2) is 24.4 Å². The molecule has 296 valence electrons. The van der Waals surface area contributed by atoms with Crippen molar-refractivity contribution in [2.75, 3.05) is 13.2 Å². The lowest BCUT2D eigenvalue weighted by atomic mass is 9.45. The molecule has 2 aliphatic carbocycles. The maximum Gasteiger partial charge on any atom is 0.340 e. The largest absolute Gasteiger partial charge is 0.465 e. The van der Waals surface area contributed by atoms with Gasteiger partial charge in [-0.05, 0) is 26.0 Å². The van der Waals surface area contributed by atoms with E-state index < -0.39 is 132 Å². The molecule has 1 aromatic rings. The summed E-state index contributed by atoms with van der Waals surface area (Å²) in [6, 6.07) is 2.91. The molecule has 2 aliphatic heterocycles. The van der Waals surface area contributed by atoms with Crippen molar-refractivity contribution in [2.45, 2.75) is 122 Å². The van der Waals surface area contributed by atoms with Crippen LogP contribution in [-0.4, -0.2) is 124 Å². The van der Waals surface area contributed by atoms with Crippen molar-refractivity contribution in [3.63, 3.8) is 0 Å². The maximum absolute atomic E-state index is 14.2. The average Bonchev–Trinajstić information content (AvgIpc) is 3.27. The van der Waals surface area contributed by atoms with E-state index in [1.165, 1.54) is 32.2 Å². The molecule has 1 spiro atoms. The highest BCUT2D eigenvalue weighted by atomic mass is 16.7. The molecule has 2 unspecified atom stereocenters. The van der Waals surface area contributed by atoms with Crippen molar-refractivity contribution in [2.24, 2.45) is 17.3 Å². The van der Waals surface area contributed by atoms with Gasteiger partial charge in [-0.3, -0.25) is 33.8 Å². The minimum Gasteiger partial charge on any atom is -0.465 e. The van der Waals surface area contributed by atoms with Crippen LogP contribution < -0.4 is 0 Å². The monoisotopic (exact) mass is 763 g/mol. The molecule has 4 aliphatic rings. The molecule has 2 saturated carbocycles. The molecule has 0 aromatic carbocycles. The van der Waals surface area contributed by atoms with Crippen LogP contribution in [0.4, 0.5) is 0 Å². The van der Waals surface area contributed by atoms with Gasteiger partial charge in [0.05, 0.1) is 29.2 Å². The highest BCUT2D eigenvalue weighted by Gasteiger charge is 2.90. The van der Waals surface area contributed by atoms with Crippen LogP contribution in [0.3, 0.4) is 0 Å². The van der Waals surface area contributed by atoms with E-state index in [-0.39, 0.29) is 11.3 Å². The molecule has 3 fully saturated rings. The number of esters is 7. The fraction of sp³-hybridized carbons (Fsp3) is 0.667. The van der Waals surface area contributed by atoms with E-state index in [1.807, 2.05) is 0 Å². The van der Waals surface area contributed by atoms with Gasteiger partial charge in [-0.1, -0.05) is 13.8 Å². The lowest BCUT2D eigenvalue weighted by molar-refractivity contribution is -0.386. The van der Waals surface area contributed by atoms with Crippen LogP contribution in [-0.2, 0) is 66.7 Å². The van der Waals surface area contributed by atoms with Gasteiger partial charge in [-0.2, -0.15) is 0 Å². The van der Waals surface area contributed by atoms with Crippen LogP contribution in [0.15, 0.2) is 18.3 Å². The van der Waals surface area contributed by atoms with E-state index >= 15 is 0 Å². The van der Waals surface area contributed by atoms with Crippen molar-refractivity contribution in [3.05, 3.63) is 29.6 Å². The highest BCUT2D eigenvalue weighted by molar-refractivity contribution is 5.91. The van der Waals surface area contributed by atoms with Gasteiger partial charge in [0.2, 0.25) is 0 Å². The van der Waals surface area contributed by atoms with Crippen molar-refractivity contribution in [3.8, 4) is 0 Å². The summed E-state index contributed by atoms with van der Waals surface area (Å²) in [6.45, 7) is 8.75. The maximum atomic E-state index is 14.2. The summed E-state index contributed by atoms with van der Waals surface area (Å²) >= 11 is 0. The Labute approximate surface area is 310 Å². The number of aliphatic hydroxyl groups is 2. The first-order valence-corrected chi connectivity index (χ1v) is 17.3. The minimum absolute atomic E-state index is 0.0246. The third-order valence-corrected chi connectivity index (χ3v) is 11.2. The van der Waals surface area contributed by atoms with Gasteiger partial charge < -0.3 is 48.1 Å². The molecule has 4 bridgehead atoms. The fourth-order valence-corrected chi connectivity index (χ4v) is 8.96. The van der Waals surface area contributed by atoms with E-state index in [0.717, 1.165) is 41.5 Å². The Kier molecular flexibility index (Phi) is 10.6. The summed E-state index contributed by atoms with van der Waals surface area (Å²) in [4.78, 5) is 96.9. The molecule has 18 nitrogen and oxygen atoms in total. The summed E-state index contributed by atoms with van der Waals surface area (Å²) in [5.41, 5.74) is -9.93. The zero-order valence-corrected chi connectivity index (χ0v) is 31.3. The number of hydrogen-bond acceptors (Lipinski definition) is 18. The average molecular weight is 764 g/mol. The number of cyclic esters (lactones) is 1. The summed E-state index contributed by atoms with van der Waals surface area (Å²) in [7, 11) is 0. The Balaban J connectivity index is 1.95. The third-order valence-electron chi connectivity index (χ3n) is 11.2. The number of fused-ring (bicyclic) bond motifs is 5. The molecule has 3 heterocycles. The molecule has 5 rings (SSSR count). The molecular formula is C36H45NO17. The first kappa shape index (κ1) is 40.5. The molecule has 54 heavy (non-hydrogen) atoms. The van der Waals surface area contributed by atoms with Gasteiger partial charge >= 0.3 is 41.8 Å². The first-order valence-electron chi connectivity index (χ1n) is 17.3. The molecule has 1 aromatic heterocycles. The minimum atomic E-state index is -2.78. The lowest BCUT2D eigenvalue weighted by Gasteiger charge is -2.67. The smallest absolute Gasteiger partial charge is 0.340 e. The fourth-order valence-electron chi connectivity index (χ4n) is 8.96. The number of aliphatic hydroxyl groups excluding tert-OH is 1. The zero-order valence-electron chi connectivity index (χ0n) is 31.3. The molecule has 1 saturated heterocycles. The molecule has 18 heteroatoms. The number of ether oxygens (including phenoxy) is 8. The number of rotatable bonds is 6. The molecule has 0 radical (unpaired) electrons. The Hall–Kier alpha value is -4.68. The van der Waals surface area contributed by atoms with Crippen molar-refractivity contribution in [1.29, 1.82) is 0 Å². The second kappa shape index (κ2) is 14.2. The molecule has 13 atom stereocenters. The van der Waals surface area contributed by atoms with Gasteiger partial charge in [0.25, 0.3) is 0 Å². The Morgan fingerprint density at radius 3 is 1.96 bits per heavy atom. The van der Waals surface area contributed by atoms with Crippen molar-refractivity contribution >= 4 is 41.8 Å².